The van der Waals surface area contributed by atoms with Crippen LogP contribution in [0.15, 0.2) is 0 Å². The van der Waals surface area contributed by atoms with Crippen LogP contribution in [0.1, 0.15) is 52.4 Å². The zero-order chi connectivity index (χ0) is 26.4. The Morgan fingerprint density at radius 2 is 1.41 bits per heavy atom. The molecule has 0 aliphatic heterocycles. The molecular formula is C20H36N6O8. The van der Waals surface area contributed by atoms with Gasteiger partial charge in [-0.2, -0.15) is 0 Å². The molecule has 0 heterocycles. The van der Waals surface area contributed by atoms with Crippen molar-refractivity contribution in [2.24, 2.45) is 23.1 Å². The first-order chi connectivity index (χ1) is 15.8. The van der Waals surface area contributed by atoms with Gasteiger partial charge in [0, 0.05) is 6.42 Å². The van der Waals surface area contributed by atoms with Gasteiger partial charge in [-0.3, -0.25) is 24.0 Å². The molecule has 0 aliphatic carbocycles. The standard InChI is InChI=1S/C20H36N6O8/c1-10(2)16(19(32)24-12(20(33)34)6-7-15(28)29)26-18(31)13(9-14(23)27)25-17(30)11(22)5-3-4-8-21/h10-13,16H,3-9,21-22H2,1-2H3,(H2,23,27)(H,24,32)(H,25,30)(H,26,31)(H,28,29)(H,33,34). The minimum absolute atomic E-state index is 0.303. The van der Waals surface area contributed by atoms with E-state index in [9.17, 15) is 33.9 Å². The van der Waals surface area contributed by atoms with E-state index in [0.717, 1.165) is 0 Å². The molecule has 0 rings (SSSR count). The maximum atomic E-state index is 12.8. The second-order valence-corrected chi connectivity index (χ2v) is 8.18. The number of primary amides is 1. The summed E-state index contributed by atoms with van der Waals surface area (Å²) in [7, 11) is 0. The SMILES string of the molecule is CC(C)C(NC(=O)C(CC(N)=O)NC(=O)C(N)CCCCN)C(=O)NC(CCC(=O)O)C(=O)O. The van der Waals surface area contributed by atoms with E-state index >= 15 is 0 Å². The average Bonchev–Trinajstić information content (AvgIpc) is 2.73. The third-order valence-corrected chi connectivity index (χ3v) is 4.85. The first-order valence-electron chi connectivity index (χ1n) is 10.9. The van der Waals surface area contributed by atoms with E-state index in [1.807, 2.05) is 0 Å². The van der Waals surface area contributed by atoms with E-state index in [4.69, 9.17) is 22.3 Å². The van der Waals surface area contributed by atoms with Crippen molar-refractivity contribution in [3.05, 3.63) is 0 Å². The summed E-state index contributed by atoms with van der Waals surface area (Å²) in [5.41, 5.74) is 16.4. The van der Waals surface area contributed by atoms with Crippen molar-refractivity contribution in [1.82, 2.24) is 16.0 Å². The Labute approximate surface area is 197 Å². The zero-order valence-electron chi connectivity index (χ0n) is 19.4. The first kappa shape index (κ1) is 30.7. The maximum absolute atomic E-state index is 12.8. The van der Waals surface area contributed by atoms with Crippen LogP contribution in [0.25, 0.3) is 0 Å². The molecule has 0 saturated heterocycles. The van der Waals surface area contributed by atoms with Crippen LogP contribution < -0.4 is 33.2 Å². The van der Waals surface area contributed by atoms with E-state index in [1.165, 1.54) is 0 Å². The van der Waals surface area contributed by atoms with Crippen LogP contribution in [0.4, 0.5) is 0 Å². The van der Waals surface area contributed by atoms with Crippen LogP contribution in [0.5, 0.6) is 0 Å². The summed E-state index contributed by atoms with van der Waals surface area (Å²) in [6.07, 6.45) is 0.126. The van der Waals surface area contributed by atoms with Gasteiger partial charge in [-0.25, -0.2) is 4.79 Å². The molecule has 4 amide bonds. The molecular weight excluding hydrogens is 452 g/mol. The predicted octanol–water partition coefficient (Wildman–Crippen LogP) is -2.62. The summed E-state index contributed by atoms with van der Waals surface area (Å²) in [4.78, 5) is 71.3. The Balaban J connectivity index is 5.37. The second-order valence-electron chi connectivity index (χ2n) is 8.18. The molecule has 0 bridgehead atoms. The number of unbranched alkanes of at least 4 members (excludes halogenated alkanes) is 1. The maximum Gasteiger partial charge on any atom is 0.326 e. The molecule has 0 aromatic rings. The van der Waals surface area contributed by atoms with Crippen molar-refractivity contribution < 1.29 is 39.0 Å². The molecule has 14 heteroatoms. The average molecular weight is 489 g/mol. The molecule has 4 unspecified atom stereocenters. The quantitative estimate of drug-likeness (QED) is 0.0988. The van der Waals surface area contributed by atoms with Gasteiger partial charge in [-0.15, -0.1) is 0 Å². The van der Waals surface area contributed by atoms with Crippen molar-refractivity contribution in [2.45, 2.75) is 76.5 Å². The zero-order valence-corrected chi connectivity index (χ0v) is 19.4. The molecule has 34 heavy (non-hydrogen) atoms. The smallest absolute Gasteiger partial charge is 0.326 e. The van der Waals surface area contributed by atoms with E-state index in [2.05, 4.69) is 16.0 Å². The number of amides is 4. The second kappa shape index (κ2) is 15.6. The number of carboxylic acid groups (broad SMARTS) is 2. The molecule has 0 aromatic heterocycles. The Kier molecular flexibility index (Phi) is 14.1. The predicted molar refractivity (Wildman–Crippen MR) is 120 cm³/mol. The summed E-state index contributed by atoms with van der Waals surface area (Å²) in [5, 5.41) is 24.9. The van der Waals surface area contributed by atoms with Gasteiger partial charge in [0.05, 0.1) is 12.5 Å². The number of rotatable bonds is 17. The normalized spacial score (nSPS) is 14.4. The van der Waals surface area contributed by atoms with Crippen molar-refractivity contribution in [1.29, 1.82) is 0 Å². The fourth-order valence-electron chi connectivity index (χ4n) is 2.90. The number of aliphatic carboxylic acids is 2. The Hall–Kier alpha value is -3.26. The van der Waals surface area contributed by atoms with E-state index in [0.29, 0.717) is 25.8 Å². The lowest BCUT2D eigenvalue weighted by Crippen LogP contribution is -2.59. The monoisotopic (exact) mass is 488 g/mol. The van der Waals surface area contributed by atoms with E-state index < -0.39 is 78.5 Å². The molecule has 11 N–H and O–H groups in total. The van der Waals surface area contributed by atoms with Gasteiger partial charge in [0.2, 0.25) is 23.6 Å². The highest BCUT2D eigenvalue weighted by Gasteiger charge is 2.32. The summed E-state index contributed by atoms with van der Waals surface area (Å²) < 4.78 is 0. The molecule has 0 saturated carbocycles. The number of nitrogens with one attached hydrogen (secondary N) is 3. The van der Waals surface area contributed by atoms with Crippen LogP contribution in [-0.4, -0.2) is 76.5 Å². The molecule has 14 nitrogen and oxygen atoms in total. The van der Waals surface area contributed by atoms with Crippen LogP contribution in [-0.2, 0) is 28.8 Å². The Morgan fingerprint density at radius 1 is 0.824 bits per heavy atom. The lowest BCUT2D eigenvalue weighted by atomic mass is 10.0. The molecule has 0 fully saturated rings. The number of carbonyl (C=O) groups is 6. The van der Waals surface area contributed by atoms with Gasteiger partial charge < -0.3 is 43.4 Å². The lowest BCUT2D eigenvalue weighted by molar-refractivity contribution is -0.144. The van der Waals surface area contributed by atoms with Gasteiger partial charge in [0.15, 0.2) is 0 Å². The van der Waals surface area contributed by atoms with Gasteiger partial charge in [-0.05, 0) is 31.7 Å². The molecule has 194 valence electrons. The van der Waals surface area contributed by atoms with Gasteiger partial charge in [0.1, 0.15) is 18.1 Å². The first-order valence-corrected chi connectivity index (χ1v) is 10.9. The van der Waals surface area contributed by atoms with Crippen molar-refractivity contribution in [3.8, 4) is 0 Å². The van der Waals surface area contributed by atoms with Gasteiger partial charge in [-0.1, -0.05) is 20.3 Å². The minimum Gasteiger partial charge on any atom is -0.481 e. The minimum atomic E-state index is -1.49. The number of nitrogens with two attached hydrogens (primary N) is 3. The lowest BCUT2D eigenvalue weighted by Gasteiger charge is -2.26. The van der Waals surface area contributed by atoms with Crippen molar-refractivity contribution in [3.63, 3.8) is 0 Å². The molecule has 0 radical (unpaired) electrons. The number of carboxylic acids is 2. The summed E-state index contributed by atoms with van der Waals surface area (Å²) in [6, 6.07) is -5.11. The van der Waals surface area contributed by atoms with Crippen molar-refractivity contribution in [2.75, 3.05) is 6.54 Å². The van der Waals surface area contributed by atoms with Crippen molar-refractivity contribution >= 4 is 35.6 Å². The van der Waals surface area contributed by atoms with Crippen LogP contribution in [0.3, 0.4) is 0 Å². The summed E-state index contributed by atoms with van der Waals surface area (Å²) in [6.45, 7) is 3.58. The van der Waals surface area contributed by atoms with Gasteiger partial charge in [0.25, 0.3) is 0 Å². The van der Waals surface area contributed by atoms with Crippen LogP contribution in [0, 0.1) is 5.92 Å². The topological polar surface area (TPSA) is 257 Å². The van der Waals surface area contributed by atoms with Gasteiger partial charge >= 0.3 is 11.9 Å². The fourth-order valence-corrected chi connectivity index (χ4v) is 2.90. The highest BCUT2D eigenvalue weighted by Crippen LogP contribution is 2.07. The largest absolute Gasteiger partial charge is 0.481 e. The third kappa shape index (κ3) is 12.1. The number of hydrogen-bond acceptors (Lipinski definition) is 8. The highest BCUT2D eigenvalue weighted by atomic mass is 16.4. The van der Waals surface area contributed by atoms with Crippen LogP contribution in [0.2, 0.25) is 0 Å². The molecule has 4 atom stereocenters. The van der Waals surface area contributed by atoms with E-state index in [-0.39, 0.29) is 6.42 Å². The Bertz CT molecular complexity index is 745. The third-order valence-electron chi connectivity index (χ3n) is 4.85. The fraction of sp³-hybridized carbons (Fsp3) is 0.700. The Morgan fingerprint density at radius 3 is 1.88 bits per heavy atom. The summed E-state index contributed by atoms with van der Waals surface area (Å²) in [5.74, 6) is -6.55. The number of carbonyl (C=O) groups excluding carboxylic acids is 4. The molecule has 0 aromatic carbocycles. The molecule has 0 spiro atoms. The number of hydrogen-bond donors (Lipinski definition) is 8. The summed E-state index contributed by atoms with van der Waals surface area (Å²) >= 11 is 0. The highest BCUT2D eigenvalue weighted by molar-refractivity contribution is 5.96. The van der Waals surface area contributed by atoms with Crippen LogP contribution >= 0.6 is 0 Å². The molecule has 0 aliphatic rings. The van der Waals surface area contributed by atoms with E-state index in [1.54, 1.807) is 13.8 Å².